The van der Waals surface area contributed by atoms with E-state index < -0.39 is 35.8 Å². The van der Waals surface area contributed by atoms with Crippen LogP contribution >= 0.6 is 0 Å². The highest BCUT2D eigenvalue weighted by atomic mass is 16.4. The highest BCUT2D eigenvalue weighted by molar-refractivity contribution is 6.04. The van der Waals surface area contributed by atoms with E-state index in [0.717, 1.165) is 12.8 Å². The summed E-state index contributed by atoms with van der Waals surface area (Å²) in [5.74, 6) is -1.82. The van der Waals surface area contributed by atoms with E-state index in [0.29, 0.717) is 12.8 Å². The third-order valence-corrected chi connectivity index (χ3v) is 4.47. The van der Waals surface area contributed by atoms with Crippen LogP contribution in [0.25, 0.3) is 0 Å². The molecule has 1 unspecified atom stereocenters. The number of nitrogens with two attached hydrogens (primary N) is 2. The molecular formula is C15H25N3O4. The summed E-state index contributed by atoms with van der Waals surface area (Å²) < 4.78 is 0. The summed E-state index contributed by atoms with van der Waals surface area (Å²) in [6.07, 6.45) is 2.55. The Morgan fingerprint density at radius 2 is 1.82 bits per heavy atom. The van der Waals surface area contributed by atoms with Crippen LogP contribution in [0, 0.1) is 11.8 Å². The van der Waals surface area contributed by atoms with Crippen molar-refractivity contribution in [1.29, 1.82) is 0 Å². The number of carboxylic acids is 1. The average molecular weight is 311 g/mol. The largest absolute Gasteiger partial charge is 0.481 e. The molecule has 0 aromatic carbocycles. The number of hydrogen-bond donors (Lipinski definition) is 3. The topological polar surface area (TPSA) is 127 Å². The number of amides is 2. The van der Waals surface area contributed by atoms with Gasteiger partial charge in [-0.1, -0.05) is 13.8 Å². The number of rotatable bonds is 7. The zero-order chi connectivity index (χ0) is 16.7. The predicted molar refractivity (Wildman–Crippen MR) is 79.6 cm³/mol. The Labute approximate surface area is 130 Å². The second kappa shape index (κ2) is 5.96. The maximum atomic E-state index is 12.7. The van der Waals surface area contributed by atoms with Crippen molar-refractivity contribution in [2.24, 2.45) is 23.3 Å². The van der Waals surface area contributed by atoms with Crippen LogP contribution in [0.1, 0.15) is 46.0 Å². The molecule has 0 spiro atoms. The standard InChI is InChI=1S/C15H25N3O4/c1-8(2)12(9-3-4-9)18(14(22)15(17)5-6-15)13(21)10(16)7-11(19)20/h8-10,12H,3-7,16-17H2,1-2H3,(H,19,20)/t10-,12?/m0/s1. The summed E-state index contributed by atoms with van der Waals surface area (Å²) in [6.45, 7) is 3.91. The lowest BCUT2D eigenvalue weighted by Crippen LogP contribution is -2.59. The lowest BCUT2D eigenvalue weighted by atomic mass is 9.95. The minimum atomic E-state index is -1.22. The number of nitrogens with zero attached hydrogens (tertiary/aromatic N) is 1. The molecule has 0 aromatic heterocycles. The van der Waals surface area contributed by atoms with Crippen molar-refractivity contribution in [2.75, 3.05) is 0 Å². The van der Waals surface area contributed by atoms with E-state index >= 15 is 0 Å². The molecule has 2 atom stereocenters. The van der Waals surface area contributed by atoms with Gasteiger partial charge in [0.15, 0.2) is 0 Å². The van der Waals surface area contributed by atoms with Crippen LogP contribution in [0.4, 0.5) is 0 Å². The Bertz CT molecular complexity index is 481. The van der Waals surface area contributed by atoms with Crippen molar-refractivity contribution in [1.82, 2.24) is 4.90 Å². The molecule has 7 nitrogen and oxygen atoms in total. The first-order chi connectivity index (χ1) is 10.2. The Balaban J connectivity index is 2.26. The van der Waals surface area contributed by atoms with Gasteiger partial charge in [-0.15, -0.1) is 0 Å². The summed E-state index contributed by atoms with van der Waals surface area (Å²) >= 11 is 0. The van der Waals surface area contributed by atoms with Gasteiger partial charge in [-0.3, -0.25) is 19.3 Å². The van der Waals surface area contributed by atoms with E-state index in [-0.39, 0.29) is 17.9 Å². The van der Waals surface area contributed by atoms with Crippen LogP contribution in [-0.4, -0.2) is 45.4 Å². The van der Waals surface area contributed by atoms with Gasteiger partial charge in [0, 0.05) is 6.04 Å². The molecule has 22 heavy (non-hydrogen) atoms. The molecule has 2 aliphatic rings. The predicted octanol–water partition coefficient (Wildman–Crippen LogP) is 0.0695. The van der Waals surface area contributed by atoms with Gasteiger partial charge in [-0.2, -0.15) is 0 Å². The number of carbonyl (C=O) groups is 3. The highest BCUT2D eigenvalue weighted by Gasteiger charge is 2.53. The number of hydrogen-bond acceptors (Lipinski definition) is 5. The average Bonchev–Trinajstić information content (AvgIpc) is 3.30. The molecule has 2 aliphatic carbocycles. The molecule has 2 saturated carbocycles. The Hall–Kier alpha value is -1.47. The maximum absolute atomic E-state index is 12.7. The summed E-state index contributed by atoms with van der Waals surface area (Å²) in [5.41, 5.74) is 10.7. The van der Waals surface area contributed by atoms with Crippen molar-refractivity contribution in [3.05, 3.63) is 0 Å². The molecule has 2 fully saturated rings. The minimum Gasteiger partial charge on any atom is -0.481 e. The fraction of sp³-hybridized carbons (Fsp3) is 0.800. The first kappa shape index (κ1) is 16.9. The molecule has 2 amide bonds. The summed E-state index contributed by atoms with van der Waals surface area (Å²) in [5, 5.41) is 8.83. The molecular weight excluding hydrogens is 286 g/mol. The Morgan fingerprint density at radius 3 is 2.18 bits per heavy atom. The van der Waals surface area contributed by atoms with Gasteiger partial charge >= 0.3 is 5.97 Å². The Morgan fingerprint density at radius 1 is 1.27 bits per heavy atom. The number of imide groups is 1. The van der Waals surface area contributed by atoms with Gasteiger partial charge in [0.05, 0.1) is 18.0 Å². The quantitative estimate of drug-likeness (QED) is 0.610. The molecule has 0 aromatic rings. The molecule has 7 heteroatoms. The minimum absolute atomic E-state index is 0.0831. The summed E-state index contributed by atoms with van der Waals surface area (Å²) in [7, 11) is 0. The SMILES string of the molecule is CC(C)C(C1CC1)N(C(=O)[C@@H](N)CC(=O)O)C(=O)C1(N)CC1. The third kappa shape index (κ3) is 3.47. The molecule has 0 heterocycles. The fourth-order valence-corrected chi connectivity index (χ4v) is 2.92. The Kier molecular flexibility index (Phi) is 4.58. The van der Waals surface area contributed by atoms with Crippen molar-refractivity contribution in [3.63, 3.8) is 0 Å². The number of aliphatic carboxylic acids is 1. The van der Waals surface area contributed by atoms with Crippen molar-refractivity contribution >= 4 is 17.8 Å². The highest BCUT2D eigenvalue weighted by Crippen LogP contribution is 2.42. The van der Waals surface area contributed by atoms with E-state index in [4.69, 9.17) is 16.6 Å². The van der Waals surface area contributed by atoms with E-state index in [1.165, 1.54) is 4.90 Å². The number of carboxylic acid groups (broad SMARTS) is 1. The molecule has 0 radical (unpaired) electrons. The zero-order valence-electron chi connectivity index (χ0n) is 13.1. The first-order valence-electron chi connectivity index (χ1n) is 7.81. The van der Waals surface area contributed by atoms with E-state index in [1.54, 1.807) is 0 Å². The maximum Gasteiger partial charge on any atom is 0.305 e. The van der Waals surface area contributed by atoms with Gasteiger partial charge in [0.25, 0.3) is 0 Å². The van der Waals surface area contributed by atoms with Gasteiger partial charge in [0.2, 0.25) is 11.8 Å². The van der Waals surface area contributed by atoms with Crippen LogP contribution in [0.2, 0.25) is 0 Å². The van der Waals surface area contributed by atoms with Gasteiger partial charge in [0.1, 0.15) is 0 Å². The van der Waals surface area contributed by atoms with Crippen LogP contribution in [-0.2, 0) is 14.4 Å². The van der Waals surface area contributed by atoms with Crippen molar-refractivity contribution in [2.45, 2.75) is 63.6 Å². The lowest BCUT2D eigenvalue weighted by Gasteiger charge is -2.36. The van der Waals surface area contributed by atoms with Gasteiger partial charge < -0.3 is 16.6 Å². The summed E-state index contributed by atoms with van der Waals surface area (Å²) in [4.78, 5) is 37.4. The monoisotopic (exact) mass is 311 g/mol. The molecule has 0 saturated heterocycles. The van der Waals surface area contributed by atoms with E-state index in [2.05, 4.69) is 0 Å². The van der Waals surface area contributed by atoms with Gasteiger partial charge in [-0.25, -0.2) is 0 Å². The molecule has 5 N–H and O–H groups in total. The zero-order valence-corrected chi connectivity index (χ0v) is 13.1. The van der Waals surface area contributed by atoms with E-state index in [1.807, 2.05) is 13.8 Å². The normalized spacial score (nSPS) is 22.0. The van der Waals surface area contributed by atoms with Crippen molar-refractivity contribution in [3.8, 4) is 0 Å². The van der Waals surface area contributed by atoms with Crippen LogP contribution in [0.5, 0.6) is 0 Å². The fourth-order valence-electron chi connectivity index (χ4n) is 2.92. The van der Waals surface area contributed by atoms with Crippen LogP contribution < -0.4 is 11.5 Å². The molecule has 0 bridgehead atoms. The third-order valence-electron chi connectivity index (χ3n) is 4.47. The molecule has 2 rings (SSSR count). The van der Waals surface area contributed by atoms with Crippen LogP contribution in [0.3, 0.4) is 0 Å². The first-order valence-corrected chi connectivity index (χ1v) is 7.81. The molecule has 0 aliphatic heterocycles. The number of carbonyl (C=O) groups excluding carboxylic acids is 2. The molecule has 124 valence electrons. The van der Waals surface area contributed by atoms with Crippen LogP contribution in [0.15, 0.2) is 0 Å². The van der Waals surface area contributed by atoms with E-state index in [9.17, 15) is 14.4 Å². The smallest absolute Gasteiger partial charge is 0.305 e. The van der Waals surface area contributed by atoms with Gasteiger partial charge in [-0.05, 0) is 37.5 Å². The summed E-state index contributed by atoms with van der Waals surface area (Å²) in [6, 6.07) is -1.47. The lowest BCUT2D eigenvalue weighted by molar-refractivity contribution is -0.154. The second-order valence-electron chi connectivity index (χ2n) is 6.95. The second-order valence-corrected chi connectivity index (χ2v) is 6.95. The van der Waals surface area contributed by atoms with Crippen molar-refractivity contribution < 1.29 is 19.5 Å².